The molecule has 2 atom stereocenters. The summed E-state index contributed by atoms with van der Waals surface area (Å²) in [5.41, 5.74) is 3.83. The van der Waals surface area contributed by atoms with Crippen LogP contribution in [-0.2, 0) is 15.1 Å². The second-order valence-corrected chi connectivity index (χ2v) is 4.67. The Morgan fingerprint density at radius 1 is 1.50 bits per heavy atom. The topological polar surface area (TPSA) is 111 Å². The molecule has 1 saturated heterocycles. The van der Waals surface area contributed by atoms with Crippen molar-refractivity contribution < 1.29 is 26.4 Å². The molecule has 3 rings (SSSR count). The number of urea groups is 1. The fourth-order valence-electron chi connectivity index (χ4n) is 2.51. The van der Waals surface area contributed by atoms with Gasteiger partial charge in [0.2, 0.25) is 0 Å². The van der Waals surface area contributed by atoms with Crippen molar-refractivity contribution in [3.63, 3.8) is 0 Å². The Balaban J connectivity index is 0.00000121. The Labute approximate surface area is 115 Å². The number of carbonyl (C=O) groups excluding carboxylic acids is 3. The maximum atomic E-state index is 13.4. The number of benzene rings is 1. The smallest absolute Gasteiger partial charge is 0.322 e. The molecule has 0 aliphatic carbocycles. The fraction of sp³-hybridized carbons (Fsp3) is 0.250. The third-order valence-electron chi connectivity index (χ3n) is 3.42. The largest absolute Gasteiger partial charge is 0.480 e. The molecule has 1 fully saturated rings. The zero-order chi connectivity index (χ0) is 14.5. The molecule has 0 aromatic heterocycles. The van der Waals surface area contributed by atoms with Crippen molar-refractivity contribution in [1.82, 2.24) is 10.6 Å². The number of nitrogens with one attached hydrogen (secondary N) is 2. The van der Waals surface area contributed by atoms with E-state index in [4.69, 9.17) is 10.5 Å². The van der Waals surface area contributed by atoms with Crippen LogP contribution in [0.15, 0.2) is 18.2 Å². The predicted molar refractivity (Wildman–Crippen MR) is 67.2 cm³/mol. The van der Waals surface area contributed by atoms with Crippen LogP contribution in [0.5, 0.6) is 5.75 Å². The average Bonchev–Trinajstić information content (AvgIpc) is 2.65. The number of fused-ring (bicyclic) bond motifs is 2. The minimum atomic E-state index is -1.54. The standard InChI is InChI=1S/C12H10FN3O4.2H2/c13-5-1-2-7-6(3-5)12(4-8(20-7)9(14)17)10(18)15-11(19)16-12;;/h1-3,8H,4H2,(H2,14,17)(H2,15,16,18,19);2*1H/t8-,12-;;/m0../s1. The summed E-state index contributed by atoms with van der Waals surface area (Å²) in [7, 11) is 0. The summed E-state index contributed by atoms with van der Waals surface area (Å²) >= 11 is 0. The van der Waals surface area contributed by atoms with E-state index in [0.29, 0.717) is 0 Å². The zero-order valence-corrected chi connectivity index (χ0v) is 10.1. The van der Waals surface area contributed by atoms with Gasteiger partial charge in [-0.3, -0.25) is 14.9 Å². The molecule has 2 aliphatic heterocycles. The quantitative estimate of drug-likeness (QED) is 0.629. The number of primary amides is 1. The monoisotopic (exact) mass is 283 g/mol. The predicted octanol–water partition coefficient (Wildman–Crippen LogP) is -0.0112. The van der Waals surface area contributed by atoms with Gasteiger partial charge < -0.3 is 15.8 Å². The molecule has 0 unspecified atom stereocenters. The first kappa shape index (κ1) is 12.4. The van der Waals surface area contributed by atoms with Gasteiger partial charge in [-0.2, -0.15) is 0 Å². The van der Waals surface area contributed by atoms with Gasteiger partial charge in [0, 0.05) is 14.8 Å². The molecule has 4 amide bonds. The number of rotatable bonds is 1. The lowest BCUT2D eigenvalue weighted by atomic mass is 9.81. The lowest BCUT2D eigenvalue weighted by molar-refractivity contribution is -0.130. The summed E-state index contributed by atoms with van der Waals surface area (Å²) < 4.78 is 18.8. The van der Waals surface area contributed by atoms with Gasteiger partial charge in [0.25, 0.3) is 11.8 Å². The third kappa shape index (κ3) is 1.61. The summed E-state index contributed by atoms with van der Waals surface area (Å²) in [6.07, 6.45) is -1.27. The highest BCUT2D eigenvalue weighted by atomic mass is 19.1. The number of hydrogen-bond acceptors (Lipinski definition) is 4. The highest BCUT2D eigenvalue weighted by molar-refractivity contribution is 6.08. The Morgan fingerprint density at radius 2 is 2.25 bits per heavy atom. The molecule has 4 N–H and O–H groups in total. The van der Waals surface area contributed by atoms with Crippen molar-refractivity contribution in [3.05, 3.63) is 29.6 Å². The fourth-order valence-corrected chi connectivity index (χ4v) is 2.51. The van der Waals surface area contributed by atoms with E-state index in [9.17, 15) is 18.8 Å². The van der Waals surface area contributed by atoms with Gasteiger partial charge in [-0.25, -0.2) is 9.18 Å². The van der Waals surface area contributed by atoms with E-state index in [1.165, 1.54) is 6.07 Å². The maximum Gasteiger partial charge on any atom is 0.322 e. The molecule has 20 heavy (non-hydrogen) atoms. The average molecular weight is 283 g/mol. The van der Waals surface area contributed by atoms with Crippen molar-refractivity contribution in [2.75, 3.05) is 0 Å². The summed E-state index contributed by atoms with van der Waals surface area (Å²) in [4.78, 5) is 34.8. The Hall–Kier alpha value is -2.64. The van der Waals surface area contributed by atoms with Gasteiger partial charge in [0.05, 0.1) is 0 Å². The van der Waals surface area contributed by atoms with Crippen LogP contribution in [0.2, 0.25) is 0 Å². The highest BCUT2D eigenvalue weighted by Gasteiger charge is 2.54. The molecule has 2 aliphatic rings. The van der Waals surface area contributed by atoms with Gasteiger partial charge in [-0.05, 0) is 18.2 Å². The Morgan fingerprint density at radius 3 is 2.85 bits per heavy atom. The second-order valence-electron chi connectivity index (χ2n) is 4.67. The lowest BCUT2D eigenvalue weighted by Gasteiger charge is -2.36. The summed E-state index contributed by atoms with van der Waals surface area (Å²) in [6, 6.07) is 2.80. The minimum absolute atomic E-state index is 0. The number of carbonyl (C=O) groups is 3. The first-order chi connectivity index (χ1) is 9.42. The normalized spacial score (nSPS) is 27.6. The molecule has 7 nitrogen and oxygen atoms in total. The molecule has 0 radical (unpaired) electrons. The van der Waals surface area contributed by atoms with Crippen LogP contribution < -0.4 is 21.1 Å². The molecule has 1 aromatic carbocycles. The van der Waals surface area contributed by atoms with Crippen molar-refractivity contribution in [2.24, 2.45) is 5.73 Å². The first-order valence-electron chi connectivity index (χ1n) is 5.82. The van der Waals surface area contributed by atoms with Crippen LogP contribution in [-0.4, -0.2) is 23.9 Å². The SMILES string of the molecule is NC(=O)[C@@H]1C[C@]2(NC(=O)NC2=O)c2cc(F)ccc2O1.[HH].[HH]. The Kier molecular flexibility index (Phi) is 2.43. The van der Waals surface area contributed by atoms with Crippen LogP contribution in [0, 0.1) is 5.82 Å². The molecule has 1 aromatic rings. The highest BCUT2D eigenvalue weighted by Crippen LogP contribution is 2.41. The van der Waals surface area contributed by atoms with E-state index in [-0.39, 0.29) is 20.6 Å². The van der Waals surface area contributed by atoms with Gasteiger partial charge >= 0.3 is 6.03 Å². The molecule has 8 heteroatoms. The summed E-state index contributed by atoms with van der Waals surface area (Å²) in [6.45, 7) is 0. The number of amides is 4. The van der Waals surface area contributed by atoms with Crippen molar-refractivity contribution >= 4 is 17.8 Å². The molecule has 1 spiro atoms. The van der Waals surface area contributed by atoms with E-state index in [1.54, 1.807) is 0 Å². The van der Waals surface area contributed by atoms with Crippen LogP contribution in [0.25, 0.3) is 0 Å². The van der Waals surface area contributed by atoms with Crippen LogP contribution in [0.3, 0.4) is 0 Å². The third-order valence-corrected chi connectivity index (χ3v) is 3.42. The second kappa shape index (κ2) is 3.92. The van der Waals surface area contributed by atoms with Gasteiger partial charge in [0.1, 0.15) is 11.6 Å². The molecule has 0 saturated carbocycles. The number of hydrogen-bond donors (Lipinski definition) is 3. The summed E-state index contributed by atoms with van der Waals surface area (Å²) in [5, 5.41) is 4.51. The molecule has 2 heterocycles. The van der Waals surface area contributed by atoms with Crippen LogP contribution >= 0.6 is 0 Å². The number of imide groups is 1. The zero-order valence-electron chi connectivity index (χ0n) is 10.1. The lowest BCUT2D eigenvalue weighted by Crippen LogP contribution is -2.53. The van der Waals surface area contributed by atoms with Crippen LogP contribution in [0.1, 0.15) is 14.8 Å². The number of halogens is 1. The molecular weight excluding hydrogens is 269 g/mol. The van der Waals surface area contributed by atoms with E-state index >= 15 is 0 Å². The van der Waals surface area contributed by atoms with Crippen molar-refractivity contribution in [2.45, 2.75) is 18.1 Å². The summed E-state index contributed by atoms with van der Waals surface area (Å²) in [5.74, 6) is -1.88. The first-order valence-corrected chi connectivity index (χ1v) is 5.82. The van der Waals surface area contributed by atoms with E-state index in [0.717, 1.165) is 12.1 Å². The van der Waals surface area contributed by atoms with Crippen molar-refractivity contribution in [3.8, 4) is 5.75 Å². The minimum Gasteiger partial charge on any atom is -0.480 e. The maximum absolute atomic E-state index is 13.4. The molecule has 0 bridgehead atoms. The van der Waals surface area contributed by atoms with Crippen molar-refractivity contribution in [1.29, 1.82) is 0 Å². The van der Waals surface area contributed by atoms with Gasteiger partial charge in [0.15, 0.2) is 11.6 Å². The van der Waals surface area contributed by atoms with E-state index < -0.39 is 35.3 Å². The number of nitrogens with two attached hydrogens (primary N) is 1. The number of ether oxygens (including phenoxy) is 1. The van der Waals surface area contributed by atoms with Gasteiger partial charge in [-0.15, -0.1) is 0 Å². The van der Waals surface area contributed by atoms with Gasteiger partial charge in [-0.1, -0.05) is 0 Å². The Bertz CT molecular complexity index is 657. The molecular formula is C12H14FN3O4. The van der Waals surface area contributed by atoms with Crippen LogP contribution in [0.4, 0.5) is 9.18 Å². The molecule has 108 valence electrons. The van der Waals surface area contributed by atoms with E-state index in [2.05, 4.69) is 10.6 Å². The van der Waals surface area contributed by atoms with E-state index in [1.807, 2.05) is 0 Å².